The van der Waals surface area contributed by atoms with Crippen LogP contribution in [0, 0.1) is 13.8 Å². The SMILES string of the molecule is Cc1ccc(-c2cnn(C(C)F)c2)c(C)c1. The van der Waals surface area contributed by atoms with Gasteiger partial charge in [0, 0.05) is 11.8 Å². The quantitative estimate of drug-likeness (QED) is 0.752. The lowest BCUT2D eigenvalue weighted by atomic mass is 10.0. The van der Waals surface area contributed by atoms with E-state index < -0.39 is 6.30 Å². The second-order valence-electron chi connectivity index (χ2n) is 4.10. The zero-order valence-electron chi connectivity index (χ0n) is 9.74. The Balaban J connectivity index is 2.42. The predicted molar refractivity (Wildman–Crippen MR) is 63.0 cm³/mol. The van der Waals surface area contributed by atoms with E-state index >= 15 is 0 Å². The number of aromatic nitrogens is 2. The number of aryl methyl sites for hydroxylation is 2. The van der Waals surface area contributed by atoms with Gasteiger partial charge in [0.2, 0.25) is 0 Å². The van der Waals surface area contributed by atoms with E-state index in [1.807, 2.05) is 0 Å². The Morgan fingerprint density at radius 3 is 2.62 bits per heavy atom. The second-order valence-corrected chi connectivity index (χ2v) is 4.10. The lowest BCUT2D eigenvalue weighted by molar-refractivity contribution is 0.245. The summed E-state index contributed by atoms with van der Waals surface area (Å²) in [5.41, 5.74) is 4.48. The fourth-order valence-electron chi connectivity index (χ4n) is 1.81. The molecule has 0 saturated carbocycles. The van der Waals surface area contributed by atoms with Gasteiger partial charge in [0.05, 0.1) is 6.20 Å². The summed E-state index contributed by atoms with van der Waals surface area (Å²) in [6.45, 7) is 5.58. The Bertz CT molecular complexity index is 500. The Hall–Kier alpha value is -1.64. The number of hydrogen-bond donors (Lipinski definition) is 0. The van der Waals surface area contributed by atoms with Gasteiger partial charge in [-0.3, -0.25) is 0 Å². The van der Waals surface area contributed by atoms with Crippen molar-refractivity contribution in [2.75, 3.05) is 0 Å². The van der Waals surface area contributed by atoms with Gasteiger partial charge in [0.1, 0.15) is 0 Å². The first-order valence-electron chi connectivity index (χ1n) is 5.34. The number of halogens is 1. The Morgan fingerprint density at radius 2 is 2.06 bits per heavy atom. The lowest BCUT2D eigenvalue weighted by Crippen LogP contribution is -1.98. The zero-order chi connectivity index (χ0) is 11.7. The van der Waals surface area contributed by atoms with Gasteiger partial charge in [-0.25, -0.2) is 9.07 Å². The van der Waals surface area contributed by atoms with Crippen molar-refractivity contribution >= 4 is 0 Å². The predicted octanol–water partition coefficient (Wildman–Crippen LogP) is 3.65. The van der Waals surface area contributed by atoms with Crippen LogP contribution in [-0.4, -0.2) is 9.78 Å². The highest BCUT2D eigenvalue weighted by atomic mass is 19.1. The maximum atomic E-state index is 13.0. The summed E-state index contributed by atoms with van der Waals surface area (Å²) in [6, 6.07) is 6.22. The fraction of sp³-hybridized carbons (Fsp3) is 0.308. The van der Waals surface area contributed by atoms with E-state index in [4.69, 9.17) is 0 Å². The molecule has 1 aromatic heterocycles. The molecular weight excluding hydrogens is 203 g/mol. The molecular formula is C13H15FN2. The number of alkyl halides is 1. The van der Waals surface area contributed by atoms with Gasteiger partial charge in [-0.15, -0.1) is 0 Å². The summed E-state index contributed by atoms with van der Waals surface area (Å²) in [4.78, 5) is 0. The van der Waals surface area contributed by atoms with Crippen LogP contribution >= 0.6 is 0 Å². The minimum absolute atomic E-state index is 0.960. The van der Waals surface area contributed by atoms with E-state index in [1.165, 1.54) is 22.7 Å². The monoisotopic (exact) mass is 218 g/mol. The number of rotatable bonds is 2. The van der Waals surface area contributed by atoms with Crippen molar-refractivity contribution in [2.45, 2.75) is 27.1 Å². The van der Waals surface area contributed by atoms with Crippen LogP contribution in [0.2, 0.25) is 0 Å². The van der Waals surface area contributed by atoms with Gasteiger partial charge in [-0.2, -0.15) is 5.10 Å². The van der Waals surface area contributed by atoms with Crippen molar-refractivity contribution in [2.24, 2.45) is 0 Å². The molecule has 3 heteroatoms. The molecule has 0 N–H and O–H groups in total. The molecule has 0 spiro atoms. The highest BCUT2D eigenvalue weighted by molar-refractivity contribution is 5.66. The highest BCUT2D eigenvalue weighted by Gasteiger charge is 2.07. The van der Waals surface area contributed by atoms with Gasteiger partial charge in [0.15, 0.2) is 6.30 Å². The standard InChI is InChI=1S/C13H15FN2/c1-9-4-5-13(10(2)6-9)12-7-15-16(8-12)11(3)14/h4-8,11H,1-3H3. The Morgan fingerprint density at radius 1 is 1.31 bits per heavy atom. The van der Waals surface area contributed by atoms with Crippen LogP contribution in [-0.2, 0) is 0 Å². The summed E-state index contributed by atoms with van der Waals surface area (Å²) in [5.74, 6) is 0. The molecule has 0 aliphatic rings. The van der Waals surface area contributed by atoms with Crippen LogP contribution in [0.15, 0.2) is 30.6 Å². The van der Waals surface area contributed by atoms with E-state index in [0.717, 1.165) is 11.1 Å². The number of benzene rings is 1. The maximum absolute atomic E-state index is 13.0. The van der Waals surface area contributed by atoms with E-state index in [-0.39, 0.29) is 0 Å². The van der Waals surface area contributed by atoms with Crippen LogP contribution in [0.25, 0.3) is 11.1 Å². The van der Waals surface area contributed by atoms with Crippen molar-refractivity contribution in [1.29, 1.82) is 0 Å². The molecule has 16 heavy (non-hydrogen) atoms. The second kappa shape index (κ2) is 4.08. The molecule has 1 aromatic carbocycles. The molecule has 0 bridgehead atoms. The lowest BCUT2D eigenvalue weighted by Gasteiger charge is -2.04. The van der Waals surface area contributed by atoms with Crippen LogP contribution in [0.1, 0.15) is 24.3 Å². The van der Waals surface area contributed by atoms with E-state index in [9.17, 15) is 4.39 Å². The molecule has 0 fully saturated rings. The first-order chi connectivity index (χ1) is 7.58. The average Bonchev–Trinajstić information content (AvgIpc) is 2.66. The zero-order valence-corrected chi connectivity index (χ0v) is 9.74. The van der Waals surface area contributed by atoms with Crippen LogP contribution in [0.3, 0.4) is 0 Å². The van der Waals surface area contributed by atoms with Crippen molar-refractivity contribution in [3.8, 4) is 11.1 Å². The highest BCUT2D eigenvalue weighted by Crippen LogP contribution is 2.24. The maximum Gasteiger partial charge on any atom is 0.188 e. The Kier molecular flexibility index (Phi) is 2.77. The van der Waals surface area contributed by atoms with Gasteiger partial charge >= 0.3 is 0 Å². The minimum atomic E-state index is -1.08. The van der Waals surface area contributed by atoms with Gasteiger partial charge < -0.3 is 0 Å². The molecule has 1 heterocycles. The topological polar surface area (TPSA) is 17.8 Å². The molecule has 0 amide bonds. The van der Waals surface area contributed by atoms with Gasteiger partial charge in [0.25, 0.3) is 0 Å². The van der Waals surface area contributed by atoms with Crippen molar-refractivity contribution < 1.29 is 4.39 Å². The molecule has 2 aromatic rings. The summed E-state index contributed by atoms with van der Waals surface area (Å²) < 4.78 is 14.4. The molecule has 1 unspecified atom stereocenters. The first kappa shape index (κ1) is 10.9. The summed E-state index contributed by atoms with van der Waals surface area (Å²) in [7, 11) is 0. The summed E-state index contributed by atoms with van der Waals surface area (Å²) in [5, 5.41) is 4.00. The third-order valence-corrected chi connectivity index (χ3v) is 2.66. The summed E-state index contributed by atoms with van der Waals surface area (Å²) in [6.07, 6.45) is 2.36. The molecule has 0 aliphatic heterocycles. The van der Waals surface area contributed by atoms with E-state index in [0.29, 0.717) is 0 Å². The Labute approximate surface area is 94.7 Å². The minimum Gasteiger partial charge on any atom is -0.239 e. The largest absolute Gasteiger partial charge is 0.239 e. The molecule has 0 aliphatic carbocycles. The van der Waals surface area contributed by atoms with Crippen LogP contribution in [0.5, 0.6) is 0 Å². The summed E-state index contributed by atoms with van der Waals surface area (Å²) >= 11 is 0. The van der Waals surface area contributed by atoms with Crippen LogP contribution in [0.4, 0.5) is 4.39 Å². The van der Waals surface area contributed by atoms with Crippen LogP contribution < -0.4 is 0 Å². The molecule has 84 valence electrons. The number of nitrogens with zero attached hydrogens (tertiary/aromatic N) is 2. The average molecular weight is 218 g/mol. The van der Waals surface area contributed by atoms with Crippen molar-refractivity contribution in [3.63, 3.8) is 0 Å². The van der Waals surface area contributed by atoms with Gasteiger partial charge in [-0.1, -0.05) is 23.8 Å². The van der Waals surface area contributed by atoms with Crippen molar-refractivity contribution in [1.82, 2.24) is 9.78 Å². The fourth-order valence-corrected chi connectivity index (χ4v) is 1.81. The third-order valence-electron chi connectivity index (χ3n) is 2.66. The van der Waals surface area contributed by atoms with E-state index in [2.05, 4.69) is 37.1 Å². The van der Waals surface area contributed by atoms with Crippen molar-refractivity contribution in [3.05, 3.63) is 41.7 Å². The smallest absolute Gasteiger partial charge is 0.188 e. The van der Waals surface area contributed by atoms with E-state index in [1.54, 1.807) is 12.4 Å². The molecule has 1 atom stereocenters. The molecule has 0 saturated heterocycles. The normalized spacial score (nSPS) is 12.8. The molecule has 2 rings (SSSR count). The van der Waals surface area contributed by atoms with Gasteiger partial charge in [-0.05, 0) is 31.9 Å². The first-order valence-corrected chi connectivity index (χ1v) is 5.34. The molecule has 2 nitrogen and oxygen atoms in total. The number of hydrogen-bond acceptors (Lipinski definition) is 1. The third kappa shape index (κ3) is 1.98. The molecule has 0 radical (unpaired) electrons.